The van der Waals surface area contributed by atoms with Gasteiger partial charge in [0.15, 0.2) is 12.4 Å². The van der Waals surface area contributed by atoms with E-state index in [9.17, 15) is 9.59 Å². The third-order valence-electron chi connectivity index (χ3n) is 5.73. The average molecular weight is 460 g/mol. The number of hydrazine groups is 1. The molecule has 2 aliphatic rings. The molecule has 0 bridgehead atoms. The summed E-state index contributed by atoms with van der Waals surface area (Å²) in [6, 6.07) is 12.5. The maximum atomic E-state index is 13.2. The van der Waals surface area contributed by atoms with Crippen LogP contribution in [0.1, 0.15) is 45.0 Å². The number of nitrogens with zero attached hydrogens (tertiary/aromatic N) is 3. The molecule has 1 saturated carbocycles. The molecule has 4 N–H and O–H groups in total. The third kappa shape index (κ3) is 4.48. The third-order valence-corrected chi connectivity index (χ3v) is 5.73. The zero-order chi connectivity index (χ0) is 23.7. The summed E-state index contributed by atoms with van der Waals surface area (Å²) >= 11 is 0. The van der Waals surface area contributed by atoms with Crippen LogP contribution in [0.15, 0.2) is 64.7 Å². The summed E-state index contributed by atoms with van der Waals surface area (Å²) in [6.45, 7) is 2.29. The van der Waals surface area contributed by atoms with Gasteiger partial charge in [0, 0.05) is 23.7 Å². The molecule has 0 spiro atoms. The lowest BCUT2D eigenvalue weighted by Gasteiger charge is -2.22. The van der Waals surface area contributed by atoms with Gasteiger partial charge in [-0.05, 0) is 49.6 Å². The van der Waals surface area contributed by atoms with E-state index in [1.807, 2.05) is 13.0 Å². The Morgan fingerprint density at radius 1 is 1.24 bits per heavy atom. The first kappa shape index (κ1) is 21.7. The lowest BCUT2D eigenvalue weighted by Crippen LogP contribution is -2.35. The Balaban J connectivity index is 1.35. The highest BCUT2D eigenvalue weighted by Gasteiger charge is 2.29. The summed E-state index contributed by atoms with van der Waals surface area (Å²) in [4.78, 5) is 25.7. The fourth-order valence-electron chi connectivity index (χ4n) is 3.67. The van der Waals surface area contributed by atoms with Crippen LogP contribution in [-0.2, 0) is 6.61 Å². The number of ketones is 1. The van der Waals surface area contributed by atoms with Crippen molar-refractivity contribution in [3.63, 3.8) is 0 Å². The summed E-state index contributed by atoms with van der Waals surface area (Å²) in [5.74, 6) is 0.805. The molecule has 1 amide bonds. The number of anilines is 1. The predicted octanol–water partition coefficient (Wildman–Crippen LogP) is 2.23. The smallest absolute Gasteiger partial charge is 0.253 e. The van der Waals surface area contributed by atoms with Crippen LogP contribution in [0.25, 0.3) is 0 Å². The molecule has 1 aliphatic carbocycles. The number of ether oxygens (including phenoxy) is 1. The molecule has 1 aromatic heterocycles. The summed E-state index contributed by atoms with van der Waals surface area (Å²) in [5, 5.41) is 12.0. The molecule has 34 heavy (non-hydrogen) atoms. The molecule has 0 atom stereocenters. The van der Waals surface area contributed by atoms with Crippen LogP contribution >= 0.6 is 0 Å². The van der Waals surface area contributed by atoms with Crippen LogP contribution in [0.3, 0.4) is 0 Å². The molecule has 5 rings (SSSR count). The normalized spacial score (nSPS) is 15.5. The molecule has 174 valence electrons. The van der Waals surface area contributed by atoms with Gasteiger partial charge in [0.05, 0.1) is 11.3 Å². The zero-order valence-electron chi connectivity index (χ0n) is 18.6. The van der Waals surface area contributed by atoms with Crippen molar-refractivity contribution in [2.75, 3.05) is 11.6 Å². The van der Waals surface area contributed by atoms with Crippen molar-refractivity contribution in [2.24, 2.45) is 5.73 Å². The Morgan fingerprint density at radius 3 is 2.85 bits per heavy atom. The quantitative estimate of drug-likeness (QED) is 0.432. The molecule has 0 radical (unpaired) electrons. The summed E-state index contributed by atoms with van der Waals surface area (Å²) < 4.78 is 10.7. The van der Waals surface area contributed by atoms with Crippen LogP contribution in [0.4, 0.5) is 5.69 Å². The number of amides is 1. The number of carbonyl (C=O) groups is 2. The second-order valence-corrected chi connectivity index (χ2v) is 8.26. The fourth-order valence-corrected chi connectivity index (χ4v) is 3.67. The van der Waals surface area contributed by atoms with Crippen LogP contribution in [0.2, 0.25) is 0 Å². The van der Waals surface area contributed by atoms with E-state index in [-0.39, 0.29) is 30.9 Å². The van der Waals surface area contributed by atoms with Crippen molar-refractivity contribution in [3.8, 4) is 5.75 Å². The maximum Gasteiger partial charge on any atom is 0.253 e. The van der Waals surface area contributed by atoms with E-state index >= 15 is 0 Å². The van der Waals surface area contributed by atoms with E-state index < -0.39 is 0 Å². The van der Waals surface area contributed by atoms with Gasteiger partial charge in [-0.2, -0.15) is 0 Å². The lowest BCUT2D eigenvalue weighted by molar-refractivity contribution is 0.0950. The summed E-state index contributed by atoms with van der Waals surface area (Å²) in [7, 11) is 0. The number of Topliss-reactive ketones (excluding diaryl/α,β-unsaturated/α-hetero) is 1. The summed E-state index contributed by atoms with van der Waals surface area (Å²) in [6.07, 6.45) is 3.26. The van der Waals surface area contributed by atoms with Crippen LogP contribution < -0.4 is 26.2 Å². The molecular weight excluding hydrogens is 436 g/mol. The van der Waals surface area contributed by atoms with Crippen LogP contribution in [-0.4, -0.2) is 34.5 Å². The summed E-state index contributed by atoms with van der Waals surface area (Å²) in [5.41, 5.74) is 12.6. The van der Waals surface area contributed by atoms with Crippen LogP contribution in [0, 0.1) is 6.92 Å². The monoisotopic (exact) mass is 460 g/mol. The molecule has 1 aliphatic heterocycles. The zero-order valence-corrected chi connectivity index (χ0v) is 18.6. The van der Waals surface area contributed by atoms with Crippen molar-refractivity contribution in [1.82, 2.24) is 20.9 Å². The minimum atomic E-state index is -0.212. The van der Waals surface area contributed by atoms with E-state index in [1.54, 1.807) is 41.4 Å². The van der Waals surface area contributed by atoms with Gasteiger partial charge in [-0.15, -0.1) is 10.2 Å². The number of aryl methyl sites for hydroxylation is 1. The van der Waals surface area contributed by atoms with Crippen molar-refractivity contribution < 1.29 is 18.7 Å². The standard InChI is InChI=1S/C24H24N6O4/c1-14-5-6-16(24(32)28-17-7-8-17)10-20(14)30-23(25)19(11-27-30)22(31)15-3-2-4-18(9-15)33-12-21-29-26-13-34-21/h2-6,9-10,13,17,27H,7-8,11-12,25H2,1H3,(H,28,32). The first-order chi connectivity index (χ1) is 16.5. The Labute approximate surface area is 195 Å². The predicted molar refractivity (Wildman–Crippen MR) is 123 cm³/mol. The molecule has 2 heterocycles. The highest BCUT2D eigenvalue weighted by molar-refractivity contribution is 6.10. The molecule has 0 unspecified atom stereocenters. The second kappa shape index (κ2) is 8.99. The Morgan fingerprint density at radius 2 is 2.09 bits per heavy atom. The van der Waals surface area contributed by atoms with Crippen molar-refractivity contribution in [1.29, 1.82) is 0 Å². The number of nitrogens with one attached hydrogen (secondary N) is 2. The van der Waals surface area contributed by atoms with Gasteiger partial charge in [0.2, 0.25) is 6.39 Å². The van der Waals surface area contributed by atoms with Gasteiger partial charge in [0.1, 0.15) is 11.6 Å². The van der Waals surface area contributed by atoms with E-state index in [0.717, 1.165) is 24.1 Å². The SMILES string of the molecule is Cc1ccc(C(=O)NC2CC2)cc1N1NCC(C(=O)c2cccc(OCc3nnco3)c2)=C1N. The topological polar surface area (TPSA) is 136 Å². The molecule has 0 saturated heterocycles. The number of carbonyl (C=O) groups excluding carboxylic acids is 2. The minimum Gasteiger partial charge on any atom is -0.484 e. The van der Waals surface area contributed by atoms with Crippen molar-refractivity contribution in [3.05, 3.63) is 82.8 Å². The number of nitrogens with two attached hydrogens (primary N) is 1. The average Bonchev–Trinajstić information content (AvgIpc) is 3.34. The van der Waals surface area contributed by atoms with Crippen molar-refractivity contribution >= 4 is 17.4 Å². The van der Waals surface area contributed by atoms with Crippen molar-refractivity contribution in [2.45, 2.75) is 32.4 Å². The van der Waals surface area contributed by atoms with E-state index in [0.29, 0.717) is 34.2 Å². The van der Waals surface area contributed by atoms with Gasteiger partial charge in [-0.1, -0.05) is 18.2 Å². The van der Waals surface area contributed by atoms with E-state index in [2.05, 4.69) is 20.9 Å². The number of rotatable bonds is 8. The molecular formula is C24H24N6O4. The second-order valence-electron chi connectivity index (χ2n) is 8.26. The number of aromatic nitrogens is 2. The number of hydrogen-bond acceptors (Lipinski definition) is 9. The van der Waals surface area contributed by atoms with Crippen LogP contribution in [0.5, 0.6) is 5.75 Å². The van der Waals surface area contributed by atoms with Gasteiger partial charge >= 0.3 is 0 Å². The fraction of sp³-hybridized carbons (Fsp3) is 0.250. The molecule has 1 fully saturated rings. The molecule has 10 heteroatoms. The van der Waals surface area contributed by atoms with Gasteiger partial charge in [0.25, 0.3) is 11.8 Å². The minimum absolute atomic E-state index is 0.0990. The Hall–Kier alpha value is -4.18. The van der Waals surface area contributed by atoms with Gasteiger partial charge in [-0.25, -0.2) is 5.43 Å². The molecule has 10 nitrogen and oxygen atoms in total. The number of hydrogen-bond donors (Lipinski definition) is 3. The molecule has 2 aromatic carbocycles. The van der Waals surface area contributed by atoms with Gasteiger partial charge in [-0.3, -0.25) is 14.6 Å². The Kier molecular flexibility index (Phi) is 5.72. The highest BCUT2D eigenvalue weighted by Crippen LogP contribution is 2.28. The largest absolute Gasteiger partial charge is 0.484 e. The highest BCUT2D eigenvalue weighted by atomic mass is 16.5. The lowest BCUT2D eigenvalue weighted by atomic mass is 10.0. The first-order valence-corrected chi connectivity index (χ1v) is 11.0. The van der Waals surface area contributed by atoms with E-state index in [1.165, 1.54) is 6.39 Å². The number of benzene rings is 2. The van der Waals surface area contributed by atoms with Gasteiger partial charge < -0.3 is 20.2 Å². The molecule has 3 aromatic rings. The Bertz CT molecular complexity index is 1270. The van der Waals surface area contributed by atoms with E-state index in [4.69, 9.17) is 14.9 Å². The first-order valence-electron chi connectivity index (χ1n) is 11.0. The maximum absolute atomic E-state index is 13.2.